The SMILES string of the molecule is CCC(C)(C)N1CCCCC(C(C)(C)C)C1=O. The summed E-state index contributed by atoms with van der Waals surface area (Å²) in [4.78, 5) is 14.9. The van der Waals surface area contributed by atoms with Crippen LogP contribution in [0.1, 0.15) is 67.2 Å². The molecule has 100 valence electrons. The maximum Gasteiger partial charge on any atom is 0.226 e. The minimum absolute atomic E-state index is 0.00488. The van der Waals surface area contributed by atoms with E-state index in [0.717, 1.165) is 25.8 Å². The molecule has 1 heterocycles. The molecular formula is C15H29NO. The molecule has 1 aliphatic heterocycles. The van der Waals surface area contributed by atoms with Crippen LogP contribution in [0.25, 0.3) is 0 Å². The zero-order valence-electron chi connectivity index (χ0n) is 12.5. The van der Waals surface area contributed by atoms with E-state index in [2.05, 4.69) is 46.4 Å². The largest absolute Gasteiger partial charge is 0.337 e. The highest BCUT2D eigenvalue weighted by atomic mass is 16.2. The molecule has 1 amide bonds. The van der Waals surface area contributed by atoms with Crippen molar-refractivity contribution in [2.45, 2.75) is 72.8 Å². The van der Waals surface area contributed by atoms with Gasteiger partial charge in [0.2, 0.25) is 5.91 Å². The van der Waals surface area contributed by atoms with E-state index < -0.39 is 0 Å². The summed E-state index contributed by atoms with van der Waals surface area (Å²) in [6, 6.07) is 0. The van der Waals surface area contributed by atoms with Crippen molar-refractivity contribution in [2.24, 2.45) is 11.3 Å². The molecule has 0 aromatic rings. The molecule has 0 radical (unpaired) electrons. The summed E-state index contributed by atoms with van der Waals surface area (Å²) in [7, 11) is 0. The monoisotopic (exact) mass is 239 g/mol. The van der Waals surface area contributed by atoms with Crippen LogP contribution in [0.3, 0.4) is 0 Å². The quantitative estimate of drug-likeness (QED) is 0.716. The van der Waals surface area contributed by atoms with E-state index in [4.69, 9.17) is 0 Å². The summed E-state index contributed by atoms with van der Waals surface area (Å²) in [6.07, 6.45) is 4.42. The lowest BCUT2D eigenvalue weighted by Crippen LogP contribution is -2.51. The standard InChI is InChI=1S/C15H29NO/c1-7-15(5,6)16-11-9-8-10-12(13(16)17)14(2,3)4/h12H,7-11H2,1-6H3. The van der Waals surface area contributed by atoms with Crippen molar-refractivity contribution in [1.29, 1.82) is 0 Å². The fourth-order valence-electron chi connectivity index (χ4n) is 2.64. The van der Waals surface area contributed by atoms with E-state index in [1.54, 1.807) is 0 Å². The lowest BCUT2D eigenvalue weighted by atomic mass is 9.77. The van der Waals surface area contributed by atoms with E-state index in [-0.39, 0.29) is 16.9 Å². The Morgan fingerprint density at radius 1 is 1.18 bits per heavy atom. The Kier molecular flexibility index (Phi) is 4.27. The third-order valence-electron chi connectivity index (χ3n) is 4.33. The average molecular weight is 239 g/mol. The molecule has 1 aliphatic rings. The Morgan fingerprint density at radius 3 is 2.24 bits per heavy atom. The maximum absolute atomic E-state index is 12.7. The first-order valence-electron chi connectivity index (χ1n) is 7.01. The molecule has 1 atom stereocenters. The molecule has 0 bridgehead atoms. The highest BCUT2D eigenvalue weighted by Gasteiger charge is 2.39. The van der Waals surface area contributed by atoms with Crippen LogP contribution in [0.4, 0.5) is 0 Å². The minimum Gasteiger partial charge on any atom is -0.337 e. The van der Waals surface area contributed by atoms with Crippen LogP contribution in [-0.2, 0) is 4.79 Å². The van der Waals surface area contributed by atoms with Gasteiger partial charge in [0.25, 0.3) is 0 Å². The van der Waals surface area contributed by atoms with Gasteiger partial charge in [-0.1, -0.05) is 34.1 Å². The lowest BCUT2D eigenvalue weighted by molar-refractivity contribution is -0.143. The van der Waals surface area contributed by atoms with Crippen LogP contribution in [0.15, 0.2) is 0 Å². The van der Waals surface area contributed by atoms with Gasteiger partial charge in [0, 0.05) is 18.0 Å². The van der Waals surface area contributed by atoms with E-state index >= 15 is 0 Å². The Bertz CT molecular complexity index is 275. The van der Waals surface area contributed by atoms with E-state index in [1.165, 1.54) is 6.42 Å². The zero-order chi connectivity index (χ0) is 13.3. The topological polar surface area (TPSA) is 20.3 Å². The third-order valence-corrected chi connectivity index (χ3v) is 4.33. The number of carbonyl (C=O) groups is 1. The maximum atomic E-state index is 12.7. The van der Waals surface area contributed by atoms with Crippen molar-refractivity contribution in [1.82, 2.24) is 4.90 Å². The van der Waals surface area contributed by atoms with Gasteiger partial charge in [-0.15, -0.1) is 0 Å². The van der Waals surface area contributed by atoms with Crippen LogP contribution in [0.5, 0.6) is 0 Å². The number of nitrogens with zero attached hydrogens (tertiary/aromatic N) is 1. The van der Waals surface area contributed by atoms with Gasteiger partial charge < -0.3 is 4.90 Å². The molecule has 1 fully saturated rings. The molecule has 0 N–H and O–H groups in total. The smallest absolute Gasteiger partial charge is 0.226 e. The molecule has 17 heavy (non-hydrogen) atoms. The van der Waals surface area contributed by atoms with Crippen LogP contribution in [0.2, 0.25) is 0 Å². The van der Waals surface area contributed by atoms with E-state index in [0.29, 0.717) is 5.91 Å². The number of rotatable bonds is 2. The normalized spacial score (nSPS) is 23.8. The van der Waals surface area contributed by atoms with Crippen molar-refractivity contribution in [3.63, 3.8) is 0 Å². The Labute approximate surface area is 107 Å². The van der Waals surface area contributed by atoms with Crippen molar-refractivity contribution >= 4 is 5.91 Å². The first-order chi connectivity index (χ1) is 7.70. The van der Waals surface area contributed by atoms with Crippen LogP contribution < -0.4 is 0 Å². The second kappa shape index (κ2) is 4.99. The van der Waals surface area contributed by atoms with Gasteiger partial charge in [-0.25, -0.2) is 0 Å². The Hall–Kier alpha value is -0.530. The molecule has 0 spiro atoms. The average Bonchev–Trinajstić information content (AvgIpc) is 2.39. The summed E-state index contributed by atoms with van der Waals surface area (Å²) >= 11 is 0. The third kappa shape index (κ3) is 3.23. The molecule has 0 aromatic heterocycles. The highest BCUT2D eigenvalue weighted by Crippen LogP contribution is 2.36. The van der Waals surface area contributed by atoms with Crippen molar-refractivity contribution in [2.75, 3.05) is 6.54 Å². The lowest BCUT2D eigenvalue weighted by Gasteiger charge is -2.41. The van der Waals surface area contributed by atoms with Gasteiger partial charge in [-0.05, 0) is 38.5 Å². The molecule has 1 unspecified atom stereocenters. The number of amides is 1. The second-order valence-electron chi connectivity index (χ2n) is 7.07. The first kappa shape index (κ1) is 14.5. The number of carbonyl (C=O) groups excluding carboxylic acids is 1. The Morgan fingerprint density at radius 2 is 1.76 bits per heavy atom. The highest BCUT2D eigenvalue weighted by molar-refractivity contribution is 5.80. The molecule has 0 aliphatic carbocycles. The molecule has 0 saturated carbocycles. The van der Waals surface area contributed by atoms with E-state index in [9.17, 15) is 4.79 Å². The number of hydrogen-bond donors (Lipinski definition) is 0. The van der Waals surface area contributed by atoms with Crippen LogP contribution in [-0.4, -0.2) is 22.9 Å². The van der Waals surface area contributed by atoms with Gasteiger partial charge in [-0.2, -0.15) is 0 Å². The van der Waals surface area contributed by atoms with Crippen LogP contribution >= 0.6 is 0 Å². The van der Waals surface area contributed by atoms with Gasteiger partial charge in [0.1, 0.15) is 0 Å². The predicted molar refractivity (Wildman–Crippen MR) is 72.9 cm³/mol. The fraction of sp³-hybridized carbons (Fsp3) is 0.933. The van der Waals surface area contributed by atoms with Crippen molar-refractivity contribution in [3.05, 3.63) is 0 Å². The fourth-order valence-corrected chi connectivity index (χ4v) is 2.64. The summed E-state index contributed by atoms with van der Waals surface area (Å²) < 4.78 is 0. The Balaban J connectivity index is 2.97. The molecule has 2 heteroatoms. The summed E-state index contributed by atoms with van der Waals surface area (Å²) in [5.41, 5.74) is 0.0917. The molecule has 1 saturated heterocycles. The summed E-state index contributed by atoms with van der Waals surface area (Å²) in [6.45, 7) is 14.1. The van der Waals surface area contributed by atoms with Gasteiger partial charge >= 0.3 is 0 Å². The second-order valence-corrected chi connectivity index (χ2v) is 7.07. The van der Waals surface area contributed by atoms with Crippen molar-refractivity contribution in [3.8, 4) is 0 Å². The molecule has 2 nitrogen and oxygen atoms in total. The molecule has 0 aromatic carbocycles. The minimum atomic E-state index is 0.00488. The van der Waals surface area contributed by atoms with Crippen LogP contribution in [0, 0.1) is 11.3 Å². The van der Waals surface area contributed by atoms with E-state index in [1.807, 2.05) is 0 Å². The van der Waals surface area contributed by atoms with Gasteiger partial charge in [0.15, 0.2) is 0 Å². The number of hydrogen-bond acceptors (Lipinski definition) is 1. The summed E-state index contributed by atoms with van der Waals surface area (Å²) in [5.74, 6) is 0.567. The number of likely N-dealkylation sites (tertiary alicyclic amines) is 1. The van der Waals surface area contributed by atoms with Crippen molar-refractivity contribution < 1.29 is 4.79 Å². The van der Waals surface area contributed by atoms with Gasteiger partial charge in [-0.3, -0.25) is 4.79 Å². The van der Waals surface area contributed by atoms with Gasteiger partial charge in [0.05, 0.1) is 0 Å². The molecule has 1 rings (SSSR count). The zero-order valence-corrected chi connectivity index (χ0v) is 12.5. The predicted octanol–water partition coefficient (Wildman–Crippen LogP) is 3.85. The summed E-state index contributed by atoms with van der Waals surface area (Å²) in [5, 5.41) is 0. The first-order valence-corrected chi connectivity index (χ1v) is 7.01. The molecular weight excluding hydrogens is 210 g/mol.